The van der Waals surface area contributed by atoms with Crippen LogP contribution in [0.5, 0.6) is 5.75 Å². The molecule has 25 heavy (non-hydrogen) atoms. The summed E-state index contributed by atoms with van der Waals surface area (Å²) in [6, 6.07) is 11.9. The summed E-state index contributed by atoms with van der Waals surface area (Å²) in [6.07, 6.45) is 1.56. The van der Waals surface area contributed by atoms with Crippen LogP contribution in [0.15, 0.2) is 58.3 Å². The average molecular weight is 395 g/mol. The van der Waals surface area contributed by atoms with Crippen molar-refractivity contribution < 1.29 is 17.4 Å². The van der Waals surface area contributed by atoms with E-state index in [-0.39, 0.29) is 21.7 Å². The van der Waals surface area contributed by atoms with Crippen molar-refractivity contribution in [1.82, 2.24) is 5.32 Å². The van der Waals surface area contributed by atoms with Crippen LogP contribution >= 0.6 is 23.4 Å². The second-order valence-electron chi connectivity index (χ2n) is 4.96. The lowest BCUT2D eigenvalue weighted by molar-refractivity contribution is -0.115. The zero-order valence-electron chi connectivity index (χ0n) is 12.5. The molecular formula is C16H11ClN2O4S2. The van der Waals surface area contributed by atoms with Gasteiger partial charge >= 0.3 is 10.1 Å². The minimum atomic E-state index is -3.99. The summed E-state index contributed by atoms with van der Waals surface area (Å²) in [5.41, 5.74) is 0.580. The molecule has 1 amide bonds. The standard InChI is InChI=1S/C16H11ClN2O4S2/c17-11-4-6-13(7-5-11)25(21,22)23-12-3-1-2-10(8-12)9-14-15(20)19-16(18)24-14/h1-9H,(H2,18,19,20)/b14-9-. The molecule has 0 saturated carbocycles. The van der Waals surface area contributed by atoms with E-state index >= 15 is 0 Å². The van der Waals surface area contributed by atoms with Crippen LogP contribution in [0.2, 0.25) is 5.02 Å². The molecule has 1 fully saturated rings. The van der Waals surface area contributed by atoms with Gasteiger partial charge in [0.2, 0.25) is 0 Å². The van der Waals surface area contributed by atoms with Crippen molar-refractivity contribution in [2.45, 2.75) is 4.90 Å². The smallest absolute Gasteiger partial charge is 0.339 e. The Balaban J connectivity index is 1.85. The topological polar surface area (TPSA) is 96.3 Å². The van der Waals surface area contributed by atoms with Crippen LogP contribution in [-0.4, -0.2) is 19.5 Å². The quantitative estimate of drug-likeness (QED) is 0.613. The van der Waals surface area contributed by atoms with Crippen LogP contribution in [0.1, 0.15) is 5.56 Å². The normalized spacial score (nSPS) is 16.1. The predicted molar refractivity (Wildman–Crippen MR) is 97.1 cm³/mol. The molecule has 0 unspecified atom stereocenters. The van der Waals surface area contributed by atoms with Gasteiger partial charge in [-0.3, -0.25) is 10.2 Å². The second-order valence-corrected chi connectivity index (χ2v) is 7.99. The molecule has 1 saturated heterocycles. The minimum Gasteiger partial charge on any atom is -0.379 e. The molecular weight excluding hydrogens is 384 g/mol. The van der Waals surface area contributed by atoms with Crippen LogP contribution in [0.4, 0.5) is 0 Å². The van der Waals surface area contributed by atoms with E-state index in [0.29, 0.717) is 15.5 Å². The third-order valence-electron chi connectivity index (χ3n) is 3.13. The minimum absolute atomic E-state index is 0.0140. The fourth-order valence-corrected chi connectivity index (χ4v) is 3.78. The van der Waals surface area contributed by atoms with Crippen molar-refractivity contribution in [2.24, 2.45) is 0 Å². The average Bonchev–Trinajstić information content (AvgIpc) is 2.85. The van der Waals surface area contributed by atoms with Crippen LogP contribution in [-0.2, 0) is 14.9 Å². The van der Waals surface area contributed by atoms with Crippen molar-refractivity contribution in [3.05, 3.63) is 64.0 Å². The highest BCUT2D eigenvalue weighted by Crippen LogP contribution is 2.27. The molecule has 0 atom stereocenters. The number of thioether (sulfide) groups is 1. The molecule has 1 aliphatic rings. The first-order valence-electron chi connectivity index (χ1n) is 6.93. The Kier molecular flexibility index (Phi) is 4.85. The van der Waals surface area contributed by atoms with Crippen molar-refractivity contribution in [2.75, 3.05) is 0 Å². The van der Waals surface area contributed by atoms with E-state index in [0.717, 1.165) is 11.8 Å². The molecule has 6 nitrogen and oxygen atoms in total. The van der Waals surface area contributed by atoms with E-state index in [4.69, 9.17) is 21.2 Å². The molecule has 2 aromatic carbocycles. The van der Waals surface area contributed by atoms with Crippen molar-refractivity contribution in [3.63, 3.8) is 0 Å². The first-order valence-corrected chi connectivity index (χ1v) is 9.53. The highest BCUT2D eigenvalue weighted by Gasteiger charge is 2.22. The lowest BCUT2D eigenvalue weighted by atomic mass is 10.2. The third-order valence-corrected chi connectivity index (χ3v) is 5.47. The molecule has 9 heteroatoms. The summed E-state index contributed by atoms with van der Waals surface area (Å²) in [7, 11) is -3.99. The molecule has 128 valence electrons. The highest BCUT2D eigenvalue weighted by molar-refractivity contribution is 8.18. The maximum Gasteiger partial charge on any atom is 0.339 e. The number of hydrogen-bond donors (Lipinski definition) is 2. The number of carbonyl (C=O) groups is 1. The number of benzene rings is 2. The van der Waals surface area contributed by atoms with Gasteiger partial charge in [-0.1, -0.05) is 23.7 Å². The van der Waals surface area contributed by atoms with E-state index < -0.39 is 10.1 Å². The third kappa shape index (κ3) is 4.22. The summed E-state index contributed by atoms with van der Waals surface area (Å²) in [5.74, 6) is -0.252. The lowest BCUT2D eigenvalue weighted by Crippen LogP contribution is -2.18. The molecule has 0 aromatic heterocycles. The maximum absolute atomic E-state index is 12.3. The fourth-order valence-electron chi connectivity index (χ4n) is 2.03. The fraction of sp³-hybridized carbons (Fsp3) is 0. The zero-order chi connectivity index (χ0) is 18.0. The van der Waals surface area contributed by atoms with Gasteiger partial charge in [0.1, 0.15) is 10.6 Å². The van der Waals surface area contributed by atoms with E-state index in [9.17, 15) is 13.2 Å². The van der Waals surface area contributed by atoms with Crippen molar-refractivity contribution in [1.29, 1.82) is 5.41 Å². The summed E-state index contributed by atoms with van der Waals surface area (Å²) in [4.78, 5) is 12.0. The molecule has 1 heterocycles. The van der Waals surface area contributed by atoms with Crippen molar-refractivity contribution in [3.8, 4) is 5.75 Å². The van der Waals surface area contributed by atoms with Crippen LogP contribution in [0.25, 0.3) is 6.08 Å². The second kappa shape index (κ2) is 6.91. The number of nitrogens with one attached hydrogen (secondary N) is 2. The van der Waals surface area contributed by atoms with Gasteiger partial charge in [-0.25, -0.2) is 0 Å². The highest BCUT2D eigenvalue weighted by atomic mass is 35.5. The number of hydrogen-bond acceptors (Lipinski definition) is 6. The van der Waals surface area contributed by atoms with Gasteiger partial charge in [-0.2, -0.15) is 8.42 Å². The Hall–Kier alpha value is -2.29. The molecule has 1 aliphatic heterocycles. The predicted octanol–water partition coefficient (Wildman–Crippen LogP) is 3.25. The van der Waals surface area contributed by atoms with Gasteiger partial charge in [0.15, 0.2) is 5.17 Å². The Bertz CT molecular complexity index is 985. The summed E-state index contributed by atoms with van der Waals surface area (Å²) < 4.78 is 29.7. The van der Waals surface area contributed by atoms with Gasteiger partial charge in [0.25, 0.3) is 5.91 Å². The Morgan fingerprint density at radius 3 is 2.52 bits per heavy atom. The molecule has 2 aromatic rings. The van der Waals surface area contributed by atoms with Gasteiger partial charge in [0, 0.05) is 5.02 Å². The molecule has 0 aliphatic carbocycles. The zero-order valence-corrected chi connectivity index (χ0v) is 14.9. The van der Waals surface area contributed by atoms with E-state index in [1.165, 1.54) is 36.4 Å². The number of amides is 1. The number of carbonyl (C=O) groups excluding carboxylic acids is 1. The molecule has 0 spiro atoms. The number of amidine groups is 1. The molecule has 0 bridgehead atoms. The molecule has 0 radical (unpaired) electrons. The summed E-state index contributed by atoms with van der Waals surface area (Å²) in [6.45, 7) is 0. The van der Waals surface area contributed by atoms with Gasteiger partial charge in [-0.05, 0) is 59.8 Å². The number of rotatable bonds is 4. The maximum atomic E-state index is 12.3. The largest absolute Gasteiger partial charge is 0.379 e. The Morgan fingerprint density at radius 2 is 1.88 bits per heavy atom. The van der Waals surface area contributed by atoms with E-state index in [1.807, 2.05) is 0 Å². The first-order chi connectivity index (χ1) is 11.8. The molecule has 3 rings (SSSR count). The first kappa shape index (κ1) is 17.5. The van der Waals surface area contributed by atoms with Gasteiger partial charge in [-0.15, -0.1) is 0 Å². The lowest BCUT2D eigenvalue weighted by Gasteiger charge is -2.07. The summed E-state index contributed by atoms with van der Waals surface area (Å²) in [5, 5.41) is 10.3. The van der Waals surface area contributed by atoms with Gasteiger partial charge < -0.3 is 9.50 Å². The number of halogens is 1. The van der Waals surface area contributed by atoms with Crippen molar-refractivity contribution >= 4 is 50.6 Å². The Morgan fingerprint density at radius 1 is 1.16 bits per heavy atom. The SMILES string of the molecule is N=C1NC(=O)/C(=C/c2cccc(OS(=O)(=O)c3ccc(Cl)cc3)c2)S1. The van der Waals surface area contributed by atoms with Crippen LogP contribution in [0.3, 0.4) is 0 Å². The van der Waals surface area contributed by atoms with Crippen LogP contribution in [0, 0.1) is 5.41 Å². The van der Waals surface area contributed by atoms with E-state index in [1.54, 1.807) is 18.2 Å². The monoisotopic (exact) mass is 394 g/mol. The Labute approximate surface area is 153 Å². The summed E-state index contributed by atoms with van der Waals surface area (Å²) >= 11 is 6.75. The molecule has 2 N–H and O–H groups in total. The van der Waals surface area contributed by atoms with Crippen LogP contribution < -0.4 is 9.50 Å². The van der Waals surface area contributed by atoms with Gasteiger partial charge in [0.05, 0.1) is 4.91 Å². The van der Waals surface area contributed by atoms with E-state index in [2.05, 4.69) is 5.32 Å².